The fraction of sp³-hybridized carbons (Fsp3) is 0.273. The largest absolute Gasteiger partial charge is 0.347 e. The van der Waals surface area contributed by atoms with E-state index in [1.54, 1.807) is 17.9 Å². The highest BCUT2D eigenvalue weighted by Crippen LogP contribution is 2.38. The first-order valence-corrected chi connectivity index (χ1v) is 8.79. The summed E-state index contributed by atoms with van der Waals surface area (Å²) in [6.07, 6.45) is -1.75. The van der Waals surface area contributed by atoms with Crippen molar-refractivity contribution in [3.63, 3.8) is 0 Å². The molecule has 1 amide bonds. The van der Waals surface area contributed by atoms with E-state index in [-0.39, 0.29) is 11.6 Å². The molecule has 1 aliphatic rings. The summed E-state index contributed by atoms with van der Waals surface area (Å²) in [5.74, 6) is -2.27. The second kappa shape index (κ2) is 7.63. The maximum atomic E-state index is 14.1. The van der Waals surface area contributed by atoms with Gasteiger partial charge in [0.25, 0.3) is 5.91 Å². The third-order valence-electron chi connectivity index (χ3n) is 5.06. The highest BCUT2D eigenvalue weighted by Gasteiger charge is 2.40. The highest BCUT2D eigenvalue weighted by molar-refractivity contribution is 5.94. The van der Waals surface area contributed by atoms with Crippen LogP contribution < -0.4 is 5.32 Å². The van der Waals surface area contributed by atoms with Crippen LogP contribution in [0.5, 0.6) is 0 Å². The number of rotatable bonds is 4. The van der Waals surface area contributed by atoms with Crippen LogP contribution in [0.1, 0.15) is 44.1 Å². The van der Waals surface area contributed by atoms with Crippen molar-refractivity contribution in [2.45, 2.75) is 33.0 Å². The number of benzene rings is 2. The maximum absolute atomic E-state index is 14.1. The third-order valence-corrected chi connectivity index (χ3v) is 5.06. The van der Waals surface area contributed by atoms with Gasteiger partial charge in [0, 0.05) is 5.70 Å². The minimum absolute atomic E-state index is 0.152. The van der Waals surface area contributed by atoms with Gasteiger partial charge in [0.1, 0.15) is 17.9 Å². The number of hydrogen-bond donors (Lipinski definition) is 1. The number of nitriles is 1. The first-order chi connectivity index (χ1) is 13.3. The van der Waals surface area contributed by atoms with Gasteiger partial charge < -0.3 is 10.2 Å². The Morgan fingerprint density at radius 3 is 2.48 bits per heavy atom. The number of allylic oxidation sites excluding steroid dienone is 1. The third kappa shape index (κ3) is 3.43. The van der Waals surface area contributed by atoms with Gasteiger partial charge in [-0.05, 0) is 44.0 Å². The Kier molecular flexibility index (Phi) is 4.88. The first-order valence-electron chi connectivity index (χ1n) is 9.29. The van der Waals surface area contributed by atoms with Crippen LogP contribution in [0.3, 0.4) is 0 Å². The van der Waals surface area contributed by atoms with E-state index in [4.69, 9.17) is 1.37 Å². The van der Waals surface area contributed by atoms with Gasteiger partial charge in [-0.3, -0.25) is 4.79 Å². The van der Waals surface area contributed by atoms with Gasteiger partial charge in [-0.2, -0.15) is 5.26 Å². The second-order valence-corrected chi connectivity index (χ2v) is 6.61. The van der Waals surface area contributed by atoms with Gasteiger partial charge in [-0.25, -0.2) is 4.39 Å². The summed E-state index contributed by atoms with van der Waals surface area (Å²) in [5.41, 5.74) is 2.27. The van der Waals surface area contributed by atoms with E-state index in [1.807, 2.05) is 44.2 Å². The number of hydrogen-bond acceptors (Lipinski definition) is 3. The van der Waals surface area contributed by atoms with Gasteiger partial charge in [0.05, 0.1) is 19.0 Å². The van der Waals surface area contributed by atoms with E-state index in [9.17, 15) is 14.4 Å². The Hall–Kier alpha value is -3.13. The molecule has 5 heteroatoms. The minimum atomic E-state index is -1.75. The molecular weight excluding hydrogens is 341 g/mol. The molecular formula is C22H22FN3O. The monoisotopic (exact) mass is 364 g/mol. The molecule has 0 radical (unpaired) electrons. The summed E-state index contributed by atoms with van der Waals surface area (Å²) >= 11 is 0. The van der Waals surface area contributed by atoms with Crippen LogP contribution in [-0.4, -0.2) is 16.9 Å². The summed E-state index contributed by atoms with van der Waals surface area (Å²) in [6, 6.07) is 17.1. The number of nitrogens with zero attached hydrogens (tertiary/aromatic N) is 2. The first kappa shape index (κ1) is 17.3. The molecule has 0 aromatic heterocycles. The molecule has 3 atom stereocenters. The van der Waals surface area contributed by atoms with Gasteiger partial charge in [0.15, 0.2) is 0 Å². The molecule has 2 aromatic rings. The molecule has 1 N–H and O–H groups in total. The second-order valence-electron chi connectivity index (χ2n) is 6.61. The van der Waals surface area contributed by atoms with Gasteiger partial charge >= 0.3 is 0 Å². The van der Waals surface area contributed by atoms with E-state index in [1.165, 1.54) is 18.2 Å². The predicted molar refractivity (Wildman–Crippen MR) is 102 cm³/mol. The quantitative estimate of drug-likeness (QED) is 0.875. The Bertz CT molecular complexity index is 969. The number of carbonyl (C=O) groups excluding carboxylic acids is 1. The van der Waals surface area contributed by atoms with E-state index in [0.29, 0.717) is 5.57 Å². The molecule has 27 heavy (non-hydrogen) atoms. The van der Waals surface area contributed by atoms with E-state index in [2.05, 4.69) is 11.4 Å². The molecule has 1 heterocycles. The standard InChI is InChI=1S/C22H22FN3O/c1-14-15(2)26(16(3)17-9-5-4-6-10-17)21(19(14)13-24)25-22(27)18-11-7-8-12-20(18)23/h4-12,16,19,21H,1-3H3,(H,25,27)/i21D. The van der Waals surface area contributed by atoms with Crippen LogP contribution in [-0.2, 0) is 0 Å². The summed E-state index contributed by atoms with van der Waals surface area (Å²) in [4.78, 5) is 14.5. The molecule has 0 aliphatic carbocycles. The lowest BCUT2D eigenvalue weighted by molar-refractivity contribution is 0.0844. The number of carbonyl (C=O) groups is 1. The van der Waals surface area contributed by atoms with Crippen LogP contribution in [0.2, 0.25) is 0 Å². The fourth-order valence-corrected chi connectivity index (χ4v) is 3.42. The normalized spacial score (nSPS) is 23.6. The molecule has 0 saturated heterocycles. The van der Waals surface area contributed by atoms with Crippen molar-refractivity contribution in [1.29, 1.82) is 5.26 Å². The number of amides is 1. The topological polar surface area (TPSA) is 56.1 Å². The molecule has 0 spiro atoms. The van der Waals surface area contributed by atoms with Gasteiger partial charge in [-0.15, -0.1) is 0 Å². The average molecular weight is 364 g/mol. The Morgan fingerprint density at radius 1 is 1.22 bits per heavy atom. The van der Waals surface area contributed by atoms with Crippen LogP contribution >= 0.6 is 0 Å². The van der Waals surface area contributed by atoms with Crippen molar-refractivity contribution in [1.82, 2.24) is 10.2 Å². The molecule has 3 unspecified atom stereocenters. The van der Waals surface area contributed by atoms with Gasteiger partial charge in [0.2, 0.25) is 0 Å². The zero-order chi connectivity index (χ0) is 20.5. The molecule has 138 valence electrons. The zero-order valence-electron chi connectivity index (χ0n) is 16.5. The lowest BCUT2D eigenvalue weighted by Gasteiger charge is -2.36. The van der Waals surface area contributed by atoms with Crippen LogP contribution in [0.15, 0.2) is 65.9 Å². The molecule has 0 fully saturated rings. The minimum Gasteiger partial charge on any atom is -0.347 e. The summed E-state index contributed by atoms with van der Waals surface area (Å²) in [6.45, 7) is 5.55. The Morgan fingerprint density at radius 2 is 1.85 bits per heavy atom. The predicted octanol–water partition coefficient (Wildman–Crippen LogP) is 4.39. The van der Waals surface area contributed by atoms with Crippen molar-refractivity contribution in [2.75, 3.05) is 0 Å². The van der Waals surface area contributed by atoms with Crippen molar-refractivity contribution in [3.8, 4) is 6.07 Å². The molecule has 4 nitrogen and oxygen atoms in total. The van der Waals surface area contributed by atoms with Crippen molar-refractivity contribution in [3.05, 3.63) is 82.8 Å². The van der Waals surface area contributed by atoms with Crippen molar-refractivity contribution >= 4 is 5.91 Å². The SMILES string of the molecule is [2H]C1(NC(=O)c2ccccc2F)C(C#N)C(C)=C(C)N1C(C)c1ccccc1. The van der Waals surface area contributed by atoms with E-state index >= 15 is 0 Å². The Balaban J connectivity index is 2.03. The molecule has 1 aliphatic heterocycles. The van der Waals surface area contributed by atoms with Gasteiger partial charge in [-0.1, -0.05) is 42.5 Å². The Labute approximate surface area is 160 Å². The summed E-state index contributed by atoms with van der Waals surface area (Å²) in [5, 5.41) is 12.4. The highest BCUT2D eigenvalue weighted by atomic mass is 19.1. The summed E-state index contributed by atoms with van der Waals surface area (Å²) in [7, 11) is 0. The van der Waals surface area contributed by atoms with Crippen LogP contribution in [0, 0.1) is 23.1 Å². The maximum Gasteiger partial charge on any atom is 0.255 e. The van der Waals surface area contributed by atoms with Crippen molar-refractivity contribution < 1.29 is 10.6 Å². The fourth-order valence-electron chi connectivity index (χ4n) is 3.42. The lowest BCUT2D eigenvalue weighted by atomic mass is 10.0. The molecule has 3 rings (SSSR count). The van der Waals surface area contributed by atoms with E-state index in [0.717, 1.165) is 11.3 Å². The zero-order valence-corrected chi connectivity index (χ0v) is 15.5. The summed E-state index contributed by atoms with van der Waals surface area (Å²) < 4.78 is 23.2. The smallest absolute Gasteiger partial charge is 0.255 e. The van der Waals surface area contributed by atoms with Crippen molar-refractivity contribution in [2.24, 2.45) is 5.92 Å². The lowest BCUT2D eigenvalue weighted by Crippen LogP contribution is -2.49. The number of nitrogens with one attached hydrogen (secondary N) is 1. The average Bonchev–Trinajstić information content (AvgIpc) is 2.87. The number of halogens is 1. The molecule has 0 bridgehead atoms. The van der Waals surface area contributed by atoms with Crippen LogP contribution in [0.25, 0.3) is 0 Å². The van der Waals surface area contributed by atoms with Crippen LogP contribution in [0.4, 0.5) is 4.39 Å². The molecule has 0 saturated carbocycles. The van der Waals surface area contributed by atoms with E-state index < -0.39 is 23.8 Å². The molecule has 2 aromatic carbocycles.